The first-order valence-corrected chi connectivity index (χ1v) is 12.3. The molecule has 2 heterocycles. The van der Waals surface area contributed by atoms with Crippen LogP contribution in [0.5, 0.6) is 0 Å². The maximum absolute atomic E-state index is 13.8. The van der Waals surface area contributed by atoms with Crippen molar-refractivity contribution in [2.75, 3.05) is 7.11 Å². The number of ketones is 1. The van der Waals surface area contributed by atoms with Crippen LogP contribution in [0.4, 0.5) is 0 Å². The molecule has 1 saturated heterocycles. The van der Waals surface area contributed by atoms with Gasteiger partial charge in [0.25, 0.3) is 0 Å². The van der Waals surface area contributed by atoms with Crippen LogP contribution in [-0.2, 0) is 24.2 Å². The van der Waals surface area contributed by atoms with Gasteiger partial charge in [-0.2, -0.15) is 0 Å². The van der Waals surface area contributed by atoms with Gasteiger partial charge in [-0.15, -0.1) is 0 Å². The summed E-state index contributed by atoms with van der Waals surface area (Å²) in [4.78, 5) is 28.1. The Labute approximate surface area is 182 Å². The number of rotatable bonds is 3. The Morgan fingerprint density at radius 2 is 1.71 bits per heavy atom. The molecule has 1 aliphatic carbocycles. The Balaban J connectivity index is 1.70. The van der Waals surface area contributed by atoms with Gasteiger partial charge in [-0.25, -0.2) is 13.2 Å². The molecular formula is C24H25NO5S. The van der Waals surface area contributed by atoms with Crippen LogP contribution in [0.1, 0.15) is 48.9 Å². The van der Waals surface area contributed by atoms with Crippen molar-refractivity contribution < 1.29 is 22.7 Å². The summed E-state index contributed by atoms with van der Waals surface area (Å²) in [6.07, 6.45) is 2.27. The molecule has 2 aromatic rings. The van der Waals surface area contributed by atoms with Crippen LogP contribution in [0, 0.1) is 5.92 Å². The SMILES string of the molecule is COC(=O)[C@H]1c2ccccc2[C@@H]2[C@H](S(=O)(=O)c3ccccc3)C[C@H]3C(=O)CCC[C@H]3N21. The van der Waals surface area contributed by atoms with Gasteiger partial charge in [-0.05, 0) is 42.5 Å². The molecule has 5 atom stereocenters. The number of esters is 1. The molecular weight excluding hydrogens is 414 g/mol. The van der Waals surface area contributed by atoms with E-state index in [9.17, 15) is 18.0 Å². The van der Waals surface area contributed by atoms with Gasteiger partial charge in [0, 0.05) is 18.4 Å². The third kappa shape index (κ3) is 3.05. The van der Waals surface area contributed by atoms with E-state index in [0.717, 1.165) is 24.0 Å². The number of benzene rings is 2. The number of nitrogens with zero attached hydrogens (tertiary/aromatic N) is 1. The third-order valence-corrected chi connectivity index (χ3v) is 9.32. The van der Waals surface area contributed by atoms with E-state index in [1.807, 2.05) is 29.2 Å². The molecule has 6 nitrogen and oxygen atoms in total. The van der Waals surface area contributed by atoms with E-state index in [4.69, 9.17) is 4.74 Å². The monoisotopic (exact) mass is 439 g/mol. The molecule has 0 N–H and O–H groups in total. The molecule has 162 valence electrons. The second-order valence-electron chi connectivity index (χ2n) is 8.61. The first-order chi connectivity index (χ1) is 14.9. The molecule has 1 saturated carbocycles. The van der Waals surface area contributed by atoms with Crippen molar-refractivity contribution in [2.24, 2.45) is 5.92 Å². The van der Waals surface area contributed by atoms with Gasteiger partial charge in [0.1, 0.15) is 11.8 Å². The van der Waals surface area contributed by atoms with E-state index in [1.165, 1.54) is 7.11 Å². The lowest BCUT2D eigenvalue weighted by Crippen LogP contribution is -2.57. The van der Waals surface area contributed by atoms with E-state index in [-0.39, 0.29) is 23.1 Å². The van der Waals surface area contributed by atoms with Gasteiger partial charge in [-0.3, -0.25) is 9.69 Å². The quantitative estimate of drug-likeness (QED) is 0.683. The summed E-state index contributed by atoms with van der Waals surface area (Å²) in [6, 6.07) is 14.6. The number of carbonyl (C=O) groups excluding carboxylic acids is 2. The first kappa shape index (κ1) is 20.4. The maximum Gasteiger partial charge on any atom is 0.327 e. The highest BCUT2D eigenvalue weighted by Crippen LogP contribution is 2.55. The van der Waals surface area contributed by atoms with E-state index in [1.54, 1.807) is 30.3 Å². The zero-order valence-electron chi connectivity index (χ0n) is 17.3. The summed E-state index contributed by atoms with van der Waals surface area (Å²) >= 11 is 0. The van der Waals surface area contributed by atoms with Gasteiger partial charge in [-0.1, -0.05) is 42.5 Å². The number of ether oxygens (including phenoxy) is 1. The van der Waals surface area contributed by atoms with E-state index >= 15 is 0 Å². The average molecular weight is 440 g/mol. The van der Waals surface area contributed by atoms with Crippen LogP contribution in [0.25, 0.3) is 0 Å². The Morgan fingerprint density at radius 1 is 1.03 bits per heavy atom. The van der Waals surface area contributed by atoms with Crippen molar-refractivity contribution in [1.29, 1.82) is 0 Å². The molecule has 2 fully saturated rings. The van der Waals surface area contributed by atoms with Crippen molar-refractivity contribution in [3.05, 3.63) is 65.7 Å². The van der Waals surface area contributed by atoms with E-state index in [2.05, 4.69) is 0 Å². The minimum Gasteiger partial charge on any atom is -0.468 e. The van der Waals surface area contributed by atoms with Crippen LogP contribution >= 0.6 is 0 Å². The highest BCUT2D eigenvalue weighted by Gasteiger charge is 2.58. The second-order valence-corrected chi connectivity index (χ2v) is 10.8. The Kier molecular flexibility index (Phi) is 4.98. The molecule has 0 unspecified atom stereocenters. The molecule has 0 aromatic heterocycles. The average Bonchev–Trinajstić information content (AvgIpc) is 3.14. The molecule has 0 amide bonds. The van der Waals surface area contributed by atoms with Gasteiger partial charge in [0.15, 0.2) is 9.84 Å². The predicted octanol–water partition coefficient (Wildman–Crippen LogP) is 3.24. The molecule has 3 aliphatic rings. The number of methoxy groups -OCH3 is 1. The van der Waals surface area contributed by atoms with Crippen LogP contribution in [0.15, 0.2) is 59.5 Å². The van der Waals surface area contributed by atoms with Gasteiger partial charge in [0.05, 0.1) is 23.3 Å². The van der Waals surface area contributed by atoms with Crippen LogP contribution < -0.4 is 0 Å². The Bertz CT molecular complexity index is 1130. The molecule has 2 aliphatic heterocycles. The standard InChI is InChI=1S/C24H25NO5S/c1-30-24(27)23-17-11-6-5-10-16(17)22-21(31(28,29)15-8-3-2-4-9-15)14-18-19(25(22)23)12-7-13-20(18)26/h2-6,8-11,18-19,21-23H,7,12-14H2,1H3/t18-,19-,21-,22-,23-/m1/s1. The number of carbonyl (C=O) groups is 2. The van der Waals surface area contributed by atoms with Gasteiger partial charge in [0.2, 0.25) is 0 Å². The smallest absolute Gasteiger partial charge is 0.327 e. The predicted molar refractivity (Wildman–Crippen MR) is 114 cm³/mol. The number of hydrogen-bond acceptors (Lipinski definition) is 6. The first-order valence-electron chi connectivity index (χ1n) is 10.7. The molecule has 0 spiro atoms. The van der Waals surface area contributed by atoms with E-state index < -0.39 is 39.1 Å². The number of Topliss-reactive ketones (excluding diaryl/α,β-unsaturated/α-hetero) is 1. The lowest BCUT2D eigenvalue weighted by atomic mass is 9.75. The largest absolute Gasteiger partial charge is 0.468 e. The normalized spacial score (nSPS) is 30.2. The van der Waals surface area contributed by atoms with Crippen molar-refractivity contribution in [3.8, 4) is 0 Å². The van der Waals surface area contributed by atoms with Crippen molar-refractivity contribution in [3.63, 3.8) is 0 Å². The lowest BCUT2D eigenvalue weighted by Gasteiger charge is -2.49. The molecule has 5 rings (SSSR count). The lowest BCUT2D eigenvalue weighted by molar-refractivity contribution is -0.153. The fourth-order valence-corrected chi connectivity index (χ4v) is 7.83. The van der Waals surface area contributed by atoms with Crippen LogP contribution in [0.3, 0.4) is 0 Å². The number of piperidine rings is 1. The summed E-state index contributed by atoms with van der Waals surface area (Å²) in [5, 5.41) is -0.811. The van der Waals surface area contributed by atoms with Gasteiger partial charge < -0.3 is 4.74 Å². The molecule has 2 aromatic carbocycles. The third-order valence-electron chi connectivity index (χ3n) is 7.15. The molecule has 31 heavy (non-hydrogen) atoms. The highest BCUT2D eigenvalue weighted by molar-refractivity contribution is 7.92. The fourth-order valence-electron chi connectivity index (χ4n) is 5.85. The zero-order valence-corrected chi connectivity index (χ0v) is 18.1. The summed E-state index contributed by atoms with van der Waals surface area (Å²) < 4.78 is 32.8. The zero-order chi connectivity index (χ0) is 21.8. The van der Waals surface area contributed by atoms with Crippen molar-refractivity contribution >= 4 is 21.6 Å². The highest BCUT2D eigenvalue weighted by atomic mass is 32.2. The maximum atomic E-state index is 13.8. The summed E-state index contributed by atoms with van der Waals surface area (Å²) in [5.74, 6) is -0.707. The summed E-state index contributed by atoms with van der Waals surface area (Å²) in [6.45, 7) is 0. The van der Waals surface area contributed by atoms with Crippen molar-refractivity contribution in [1.82, 2.24) is 4.90 Å². The van der Waals surface area contributed by atoms with Gasteiger partial charge >= 0.3 is 5.97 Å². The molecule has 0 radical (unpaired) electrons. The van der Waals surface area contributed by atoms with Crippen molar-refractivity contribution in [2.45, 2.75) is 54.0 Å². The van der Waals surface area contributed by atoms with E-state index in [0.29, 0.717) is 6.42 Å². The Hall–Kier alpha value is -2.51. The molecule has 0 bridgehead atoms. The minimum absolute atomic E-state index is 0.0996. The summed E-state index contributed by atoms with van der Waals surface area (Å²) in [5.41, 5.74) is 1.63. The van der Waals surface area contributed by atoms with Crippen LogP contribution in [-0.4, -0.2) is 43.5 Å². The van der Waals surface area contributed by atoms with Crippen LogP contribution in [0.2, 0.25) is 0 Å². The number of sulfone groups is 1. The molecule has 7 heteroatoms. The minimum atomic E-state index is -3.73. The number of fused-ring (bicyclic) bond motifs is 5. The fraction of sp³-hybridized carbons (Fsp3) is 0.417. The number of hydrogen-bond donors (Lipinski definition) is 0. The summed E-state index contributed by atoms with van der Waals surface area (Å²) in [7, 11) is -2.38. The Morgan fingerprint density at radius 3 is 2.42 bits per heavy atom. The second kappa shape index (κ2) is 7.57. The topological polar surface area (TPSA) is 80.8 Å².